The molecule has 0 spiro atoms. The Bertz CT molecular complexity index is 298. The van der Waals surface area contributed by atoms with E-state index in [1.54, 1.807) is 6.07 Å². The van der Waals surface area contributed by atoms with Crippen LogP contribution in [0.15, 0.2) is 21.4 Å². The van der Waals surface area contributed by atoms with Gasteiger partial charge in [0.15, 0.2) is 4.67 Å². The summed E-state index contributed by atoms with van der Waals surface area (Å²) in [4.78, 5) is 11.4. The molecular formula is C8H9BrClNO2. The minimum Gasteiger partial charge on any atom is -0.457 e. The number of carbonyl (C=O) groups is 1. The van der Waals surface area contributed by atoms with Crippen LogP contribution in [-0.4, -0.2) is 17.8 Å². The van der Waals surface area contributed by atoms with Crippen molar-refractivity contribution in [2.24, 2.45) is 0 Å². The van der Waals surface area contributed by atoms with Crippen molar-refractivity contribution in [1.29, 1.82) is 0 Å². The van der Waals surface area contributed by atoms with E-state index in [4.69, 9.17) is 16.0 Å². The quantitative estimate of drug-likeness (QED) is 0.854. The van der Waals surface area contributed by atoms with E-state index in [1.165, 1.54) is 6.26 Å². The van der Waals surface area contributed by atoms with Crippen LogP contribution in [0.2, 0.25) is 0 Å². The molecule has 13 heavy (non-hydrogen) atoms. The van der Waals surface area contributed by atoms with E-state index >= 15 is 0 Å². The number of halogens is 2. The third-order valence-electron chi connectivity index (χ3n) is 1.41. The largest absolute Gasteiger partial charge is 0.457 e. The van der Waals surface area contributed by atoms with Gasteiger partial charge in [0.25, 0.3) is 5.91 Å². The van der Waals surface area contributed by atoms with Crippen LogP contribution >= 0.6 is 27.5 Å². The summed E-state index contributed by atoms with van der Waals surface area (Å²) in [5.41, 5.74) is 0.484. The summed E-state index contributed by atoms with van der Waals surface area (Å²) in [6.45, 7) is 2.25. The highest BCUT2D eigenvalue weighted by atomic mass is 79.9. The fourth-order valence-corrected chi connectivity index (χ4v) is 1.28. The van der Waals surface area contributed by atoms with Gasteiger partial charge in [0, 0.05) is 11.9 Å². The molecule has 0 aliphatic carbocycles. The van der Waals surface area contributed by atoms with Gasteiger partial charge < -0.3 is 9.73 Å². The van der Waals surface area contributed by atoms with Crippen molar-refractivity contribution in [1.82, 2.24) is 5.32 Å². The van der Waals surface area contributed by atoms with Gasteiger partial charge in [-0.3, -0.25) is 4.79 Å². The number of rotatable bonds is 3. The fraction of sp³-hybridized carbons (Fsp3) is 0.375. The molecule has 0 aliphatic heterocycles. The van der Waals surface area contributed by atoms with Crippen molar-refractivity contribution < 1.29 is 9.21 Å². The second kappa shape index (κ2) is 4.67. The smallest absolute Gasteiger partial charge is 0.255 e. The Morgan fingerprint density at radius 2 is 2.54 bits per heavy atom. The molecule has 1 atom stereocenters. The Morgan fingerprint density at radius 3 is 3.00 bits per heavy atom. The monoisotopic (exact) mass is 265 g/mol. The third kappa shape index (κ3) is 3.04. The summed E-state index contributed by atoms with van der Waals surface area (Å²) in [5.74, 6) is -0.187. The van der Waals surface area contributed by atoms with Crippen molar-refractivity contribution in [2.45, 2.75) is 12.3 Å². The van der Waals surface area contributed by atoms with Crippen molar-refractivity contribution in [2.75, 3.05) is 6.54 Å². The molecule has 0 saturated heterocycles. The second-order valence-electron chi connectivity index (χ2n) is 2.60. The molecule has 0 aliphatic rings. The molecule has 1 aromatic rings. The maximum Gasteiger partial charge on any atom is 0.255 e. The van der Waals surface area contributed by atoms with Crippen LogP contribution in [0.5, 0.6) is 0 Å². The molecular weight excluding hydrogens is 257 g/mol. The van der Waals surface area contributed by atoms with Gasteiger partial charge in [0.05, 0.1) is 11.8 Å². The molecule has 1 rings (SSSR count). The van der Waals surface area contributed by atoms with Gasteiger partial charge in [-0.15, -0.1) is 11.6 Å². The normalized spacial score (nSPS) is 12.5. The summed E-state index contributed by atoms with van der Waals surface area (Å²) in [5, 5.41) is 2.59. The van der Waals surface area contributed by atoms with Gasteiger partial charge in [0.1, 0.15) is 0 Å². The van der Waals surface area contributed by atoms with E-state index < -0.39 is 0 Å². The van der Waals surface area contributed by atoms with Crippen molar-refractivity contribution in [3.8, 4) is 0 Å². The first-order valence-electron chi connectivity index (χ1n) is 3.76. The number of hydrogen-bond acceptors (Lipinski definition) is 2. The zero-order valence-electron chi connectivity index (χ0n) is 7.01. The van der Waals surface area contributed by atoms with Crippen molar-refractivity contribution in [3.05, 3.63) is 22.6 Å². The lowest BCUT2D eigenvalue weighted by atomic mass is 10.3. The first-order valence-corrected chi connectivity index (χ1v) is 4.99. The Balaban J connectivity index is 2.54. The summed E-state index contributed by atoms with van der Waals surface area (Å²) in [6.07, 6.45) is 1.45. The van der Waals surface area contributed by atoms with Gasteiger partial charge in [-0.05, 0) is 28.9 Å². The van der Waals surface area contributed by atoms with Gasteiger partial charge in [-0.2, -0.15) is 0 Å². The molecule has 0 bridgehead atoms. The molecule has 0 aromatic carbocycles. The van der Waals surface area contributed by atoms with E-state index in [0.717, 1.165) is 0 Å². The number of nitrogens with one attached hydrogen (secondary N) is 1. The minimum absolute atomic E-state index is 0.0744. The average Bonchev–Trinajstić information content (AvgIpc) is 2.47. The summed E-state index contributed by atoms with van der Waals surface area (Å²) in [7, 11) is 0. The van der Waals surface area contributed by atoms with E-state index in [9.17, 15) is 4.79 Å². The zero-order valence-corrected chi connectivity index (χ0v) is 9.35. The third-order valence-corrected chi connectivity index (χ3v) is 2.17. The number of amides is 1. The average molecular weight is 267 g/mol. The maximum atomic E-state index is 11.4. The summed E-state index contributed by atoms with van der Waals surface area (Å²) in [6, 6.07) is 1.60. The molecule has 1 unspecified atom stereocenters. The predicted octanol–water partition coefficient (Wildman–Crippen LogP) is 2.40. The minimum atomic E-state index is -0.187. The fourth-order valence-electron chi connectivity index (χ4n) is 0.784. The van der Waals surface area contributed by atoms with E-state index in [-0.39, 0.29) is 11.3 Å². The zero-order chi connectivity index (χ0) is 9.84. The lowest BCUT2D eigenvalue weighted by Crippen LogP contribution is -2.28. The number of hydrogen-bond donors (Lipinski definition) is 1. The van der Waals surface area contributed by atoms with Crippen LogP contribution in [0.4, 0.5) is 0 Å². The van der Waals surface area contributed by atoms with Gasteiger partial charge in [0.2, 0.25) is 0 Å². The summed E-state index contributed by atoms with van der Waals surface area (Å²) < 4.78 is 5.35. The maximum absolute atomic E-state index is 11.4. The molecule has 1 aromatic heterocycles. The van der Waals surface area contributed by atoms with Gasteiger partial charge >= 0.3 is 0 Å². The molecule has 0 radical (unpaired) electrons. The molecule has 1 amide bonds. The SMILES string of the molecule is CC(Cl)CNC(=O)c1ccoc1Br. The second-order valence-corrected chi connectivity index (χ2v) is 4.06. The lowest BCUT2D eigenvalue weighted by Gasteiger charge is -2.04. The van der Waals surface area contributed by atoms with E-state index in [0.29, 0.717) is 16.8 Å². The van der Waals surface area contributed by atoms with E-state index in [2.05, 4.69) is 21.2 Å². The molecule has 1 heterocycles. The van der Waals surface area contributed by atoms with Crippen molar-refractivity contribution in [3.63, 3.8) is 0 Å². The van der Waals surface area contributed by atoms with Crippen LogP contribution in [0, 0.1) is 0 Å². The van der Waals surface area contributed by atoms with Gasteiger partial charge in [-0.25, -0.2) is 0 Å². The highest BCUT2D eigenvalue weighted by Gasteiger charge is 2.12. The first kappa shape index (κ1) is 10.6. The van der Waals surface area contributed by atoms with Crippen LogP contribution < -0.4 is 5.32 Å². The van der Waals surface area contributed by atoms with Crippen LogP contribution in [0.1, 0.15) is 17.3 Å². The molecule has 1 N–H and O–H groups in total. The number of alkyl halides is 1. The topological polar surface area (TPSA) is 42.2 Å². The number of furan rings is 1. The van der Waals surface area contributed by atoms with E-state index in [1.807, 2.05) is 6.92 Å². The molecule has 5 heteroatoms. The Hall–Kier alpha value is -0.480. The van der Waals surface area contributed by atoms with Gasteiger partial charge in [-0.1, -0.05) is 0 Å². The Kier molecular flexibility index (Phi) is 3.81. The standard InChI is InChI=1S/C8H9BrClNO2/c1-5(10)4-11-8(12)6-2-3-13-7(6)9/h2-3,5H,4H2,1H3,(H,11,12). The van der Waals surface area contributed by atoms with Crippen LogP contribution in [0.3, 0.4) is 0 Å². The Morgan fingerprint density at radius 1 is 1.85 bits per heavy atom. The van der Waals surface area contributed by atoms with Crippen LogP contribution in [-0.2, 0) is 0 Å². The molecule has 0 fully saturated rings. The molecule has 0 saturated carbocycles. The van der Waals surface area contributed by atoms with Crippen molar-refractivity contribution >= 4 is 33.4 Å². The Labute approximate surface area is 89.6 Å². The first-order chi connectivity index (χ1) is 6.11. The summed E-state index contributed by atoms with van der Waals surface area (Å²) >= 11 is 8.79. The lowest BCUT2D eigenvalue weighted by molar-refractivity contribution is 0.0952. The molecule has 72 valence electrons. The number of carbonyl (C=O) groups excluding carboxylic acids is 1. The highest BCUT2D eigenvalue weighted by Crippen LogP contribution is 2.16. The predicted molar refractivity (Wildman–Crippen MR) is 54.1 cm³/mol. The molecule has 3 nitrogen and oxygen atoms in total. The van der Waals surface area contributed by atoms with Crippen LogP contribution in [0.25, 0.3) is 0 Å². The highest BCUT2D eigenvalue weighted by molar-refractivity contribution is 9.10.